The van der Waals surface area contributed by atoms with E-state index in [1.54, 1.807) is 48.5 Å². The van der Waals surface area contributed by atoms with Crippen LogP contribution in [0.3, 0.4) is 0 Å². The van der Waals surface area contributed by atoms with Crippen LogP contribution in [0.15, 0.2) is 83.1 Å². The summed E-state index contributed by atoms with van der Waals surface area (Å²) in [4.78, 5) is 13.4. The maximum atomic E-state index is 12.7. The number of hydrogen-bond acceptors (Lipinski definition) is 8. The number of imidazole rings is 2. The third-order valence-electron chi connectivity index (χ3n) is 4.46. The molecule has 0 aliphatic heterocycles. The van der Waals surface area contributed by atoms with Gasteiger partial charge in [0.15, 0.2) is 11.5 Å². The van der Waals surface area contributed by atoms with Crippen molar-refractivity contribution in [2.45, 2.75) is 10.3 Å². The van der Waals surface area contributed by atoms with Crippen LogP contribution in [0.5, 0.6) is 11.5 Å². The molecule has 2 N–H and O–H groups in total. The lowest BCUT2D eigenvalue weighted by Gasteiger charge is -2.10. The number of aromatic nitrogens is 4. The minimum absolute atomic E-state index is 0.326. The number of hydrogen-bond donors (Lipinski definition) is 2. The summed E-state index contributed by atoms with van der Waals surface area (Å²) in [5, 5.41) is -0.845. The minimum atomic E-state index is -4.40. The fourth-order valence-corrected chi connectivity index (χ4v) is 4.80. The first-order chi connectivity index (χ1) is 15.3. The Hall–Kier alpha value is -3.90. The van der Waals surface area contributed by atoms with E-state index in [1.165, 1.54) is 24.3 Å². The number of nitrogens with zero attached hydrogens (tertiary/aromatic N) is 2. The fraction of sp³-hybridized carbons (Fsp3) is 0. The van der Waals surface area contributed by atoms with E-state index in [9.17, 15) is 16.8 Å². The number of rotatable bonds is 6. The summed E-state index contributed by atoms with van der Waals surface area (Å²) in [6.07, 6.45) is 0. The first-order valence-corrected chi connectivity index (χ1v) is 12.0. The van der Waals surface area contributed by atoms with Gasteiger partial charge in [0.05, 0.1) is 22.1 Å². The first-order valence-electron chi connectivity index (χ1n) is 9.19. The molecular formula is C20H14N4O6S2. The highest BCUT2D eigenvalue weighted by Gasteiger charge is 2.27. The van der Waals surface area contributed by atoms with Crippen LogP contribution in [0.4, 0.5) is 0 Å². The van der Waals surface area contributed by atoms with Crippen LogP contribution in [0.1, 0.15) is 0 Å². The Bertz CT molecular complexity index is 1480. The van der Waals surface area contributed by atoms with Crippen LogP contribution in [0.25, 0.3) is 22.1 Å². The van der Waals surface area contributed by atoms with Gasteiger partial charge in [-0.1, -0.05) is 36.4 Å². The third-order valence-corrected chi connectivity index (χ3v) is 6.59. The van der Waals surface area contributed by atoms with Gasteiger partial charge in [-0.15, -0.1) is 0 Å². The van der Waals surface area contributed by atoms with Crippen LogP contribution in [0.2, 0.25) is 0 Å². The first kappa shape index (κ1) is 20.0. The molecule has 0 unspecified atom stereocenters. The smallest absolute Gasteiger partial charge is 0.373 e. The van der Waals surface area contributed by atoms with E-state index in [4.69, 9.17) is 8.37 Å². The maximum Gasteiger partial charge on any atom is 0.373 e. The van der Waals surface area contributed by atoms with E-state index in [0.29, 0.717) is 22.1 Å². The van der Waals surface area contributed by atoms with Gasteiger partial charge in [-0.05, 0) is 36.4 Å². The van der Waals surface area contributed by atoms with Crippen molar-refractivity contribution in [3.8, 4) is 11.5 Å². The molecule has 0 atom stereocenters. The molecule has 0 bridgehead atoms. The standard InChI is InChI=1S/C20H14N4O6S2/c25-31(26,19-21-13-7-1-2-8-14(13)22-19)29-17-11-5-6-12-18(17)30-32(27,28)20-23-15-9-3-4-10-16(15)24-20/h1-12H,(H,21,22)(H,23,24). The molecule has 0 spiro atoms. The molecular weight excluding hydrogens is 456 g/mol. The zero-order valence-electron chi connectivity index (χ0n) is 16.1. The molecule has 32 heavy (non-hydrogen) atoms. The van der Waals surface area contributed by atoms with Crippen molar-refractivity contribution >= 4 is 42.3 Å². The maximum absolute atomic E-state index is 12.7. The average Bonchev–Trinajstić information content (AvgIpc) is 3.40. The van der Waals surface area contributed by atoms with Crippen molar-refractivity contribution in [3.63, 3.8) is 0 Å². The fourth-order valence-electron chi connectivity index (χ4n) is 3.00. The van der Waals surface area contributed by atoms with E-state index in [-0.39, 0.29) is 11.5 Å². The highest BCUT2D eigenvalue weighted by Crippen LogP contribution is 2.31. The lowest BCUT2D eigenvalue weighted by atomic mass is 10.3. The van der Waals surface area contributed by atoms with Gasteiger partial charge in [-0.25, -0.2) is 9.97 Å². The zero-order chi connectivity index (χ0) is 22.3. The number of benzene rings is 3. The topological polar surface area (TPSA) is 144 Å². The van der Waals surface area contributed by atoms with E-state index in [1.807, 2.05) is 0 Å². The summed E-state index contributed by atoms with van der Waals surface area (Å²) in [5.41, 5.74) is 1.89. The highest BCUT2D eigenvalue weighted by atomic mass is 32.2. The predicted molar refractivity (Wildman–Crippen MR) is 114 cm³/mol. The van der Waals surface area contributed by atoms with E-state index in [2.05, 4.69) is 19.9 Å². The van der Waals surface area contributed by atoms with Crippen LogP contribution in [0, 0.1) is 0 Å². The van der Waals surface area contributed by atoms with Crippen molar-refractivity contribution < 1.29 is 25.2 Å². The molecule has 0 aliphatic rings. The summed E-state index contributed by atoms with van der Waals surface area (Å²) < 4.78 is 61.2. The lowest BCUT2D eigenvalue weighted by molar-refractivity contribution is 0.443. The summed E-state index contributed by atoms with van der Waals surface area (Å²) in [7, 11) is -8.81. The predicted octanol–water partition coefficient (Wildman–Crippen LogP) is 2.97. The van der Waals surface area contributed by atoms with Gasteiger partial charge in [0.25, 0.3) is 10.3 Å². The zero-order valence-corrected chi connectivity index (χ0v) is 17.7. The lowest BCUT2D eigenvalue weighted by Crippen LogP contribution is -2.15. The molecule has 0 saturated heterocycles. The van der Waals surface area contributed by atoms with Gasteiger partial charge in [0, 0.05) is 0 Å². The molecule has 0 fully saturated rings. The van der Waals surface area contributed by atoms with E-state index >= 15 is 0 Å². The second-order valence-corrected chi connectivity index (χ2v) is 9.56. The monoisotopic (exact) mass is 470 g/mol. The Labute approximate surface area is 182 Å². The molecule has 12 heteroatoms. The number of aromatic amines is 2. The van der Waals surface area contributed by atoms with Crippen molar-refractivity contribution in [2.24, 2.45) is 0 Å². The van der Waals surface area contributed by atoms with Crippen LogP contribution >= 0.6 is 0 Å². The molecule has 0 radical (unpaired) electrons. The summed E-state index contributed by atoms with van der Waals surface area (Å²) in [5.74, 6) is -0.653. The normalized spacial score (nSPS) is 12.2. The number of H-pyrrole nitrogens is 2. The Morgan fingerprint density at radius 3 is 1.34 bits per heavy atom. The van der Waals surface area contributed by atoms with Crippen molar-refractivity contribution in [3.05, 3.63) is 72.8 Å². The van der Waals surface area contributed by atoms with Crippen molar-refractivity contribution in [1.29, 1.82) is 0 Å². The second-order valence-electron chi connectivity index (χ2n) is 6.64. The van der Waals surface area contributed by atoms with Crippen LogP contribution in [-0.2, 0) is 20.2 Å². The van der Waals surface area contributed by atoms with Gasteiger partial charge in [0.2, 0.25) is 0 Å². The number of nitrogens with one attached hydrogen (secondary N) is 2. The van der Waals surface area contributed by atoms with Gasteiger partial charge in [0.1, 0.15) is 0 Å². The van der Waals surface area contributed by atoms with Gasteiger partial charge in [-0.2, -0.15) is 16.8 Å². The minimum Gasteiger partial charge on any atom is -0.373 e. The molecule has 5 aromatic rings. The number of para-hydroxylation sites is 6. The largest absolute Gasteiger partial charge is 0.373 e. The molecule has 2 aromatic heterocycles. The Morgan fingerprint density at radius 1 is 0.562 bits per heavy atom. The highest BCUT2D eigenvalue weighted by molar-refractivity contribution is 7.87. The van der Waals surface area contributed by atoms with Gasteiger partial charge >= 0.3 is 20.2 Å². The Balaban J connectivity index is 1.47. The molecule has 0 aliphatic carbocycles. The van der Waals surface area contributed by atoms with Crippen molar-refractivity contribution in [2.75, 3.05) is 0 Å². The SMILES string of the molecule is O=S(=O)(Oc1ccccc1OS(=O)(=O)c1nc2ccccc2[nH]1)c1nc2ccccc2[nH]1. The Kier molecular flexibility index (Phi) is 4.60. The molecule has 0 amide bonds. The molecule has 0 saturated carbocycles. The summed E-state index contributed by atoms with van der Waals surface area (Å²) >= 11 is 0. The molecule has 3 aromatic carbocycles. The molecule has 5 rings (SSSR count). The Morgan fingerprint density at radius 2 is 0.938 bits per heavy atom. The van der Waals surface area contributed by atoms with Crippen LogP contribution in [-0.4, -0.2) is 36.8 Å². The average molecular weight is 470 g/mol. The summed E-state index contributed by atoms with van der Waals surface area (Å²) in [6.45, 7) is 0. The summed E-state index contributed by atoms with van der Waals surface area (Å²) in [6, 6.07) is 19.0. The van der Waals surface area contributed by atoms with Crippen molar-refractivity contribution in [1.82, 2.24) is 19.9 Å². The second kappa shape index (κ2) is 7.35. The molecule has 10 nitrogen and oxygen atoms in total. The third kappa shape index (κ3) is 3.65. The molecule has 2 heterocycles. The number of fused-ring (bicyclic) bond motifs is 2. The van der Waals surface area contributed by atoms with E-state index in [0.717, 1.165) is 0 Å². The quantitative estimate of drug-likeness (QED) is 0.360. The van der Waals surface area contributed by atoms with Crippen LogP contribution < -0.4 is 8.37 Å². The van der Waals surface area contributed by atoms with Gasteiger partial charge < -0.3 is 18.3 Å². The van der Waals surface area contributed by atoms with E-state index < -0.39 is 30.5 Å². The van der Waals surface area contributed by atoms with Gasteiger partial charge in [-0.3, -0.25) is 0 Å². The molecule has 162 valence electrons.